The van der Waals surface area contributed by atoms with Gasteiger partial charge in [0.25, 0.3) is 0 Å². The van der Waals surface area contributed by atoms with E-state index in [4.69, 9.17) is 0 Å². The molecule has 5 heterocycles. The molecule has 26 heavy (non-hydrogen) atoms. The van der Waals surface area contributed by atoms with Crippen molar-refractivity contribution in [2.24, 2.45) is 0 Å². The summed E-state index contributed by atoms with van der Waals surface area (Å²) in [4.78, 5) is 14.6. The molecule has 6 heteroatoms. The van der Waals surface area contributed by atoms with Crippen LogP contribution in [0.5, 0.6) is 0 Å². The van der Waals surface area contributed by atoms with E-state index in [1.807, 2.05) is 30.9 Å². The smallest absolute Gasteiger partial charge is 0.0926 e. The Morgan fingerprint density at radius 3 is 2.96 bits per heavy atom. The number of imidazole rings is 1. The van der Waals surface area contributed by atoms with Gasteiger partial charge in [-0.2, -0.15) is 11.3 Å². The molecule has 5 rings (SSSR count). The summed E-state index contributed by atoms with van der Waals surface area (Å²) in [6, 6.07) is 10.8. The van der Waals surface area contributed by atoms with E-state index in [1.54, 1.807) is 11.3 Å². The minimum absolute atomic E-state index is 0.206. The standard InChI is InChI=1S/C20H19N5S/c1-2-17(25(9-1)16-3-7-21-8-4-16)12-24-10-5-18-19(23-14-22-18)20(24)15-6-11-26-13-15/h1-4,6-9,11,13-14,20H,5,10,12H2,(H,22,23)/t20-/m1/s1. The molecule has 0 aliphatic carbocycles. The van der Waals surface area contributed by atoms with Gasteiger partial charge in [0.1, 0.15) is 0 Å². The first kappa shape index (κ1) is 15.5. The molecule has 4 aromatic rings. The predicted octanol–water partition coefficient (Wildman–Crippen LogP) is 3.80. The number of hydrogen-bond acceptors (Lipinski definition) is 4. The Morgan fingerprint density at radius 2 is 2.12 bits per heavy atom. The van der Waals surface area contributed by atoms with Crippen LogP contribution in [0.4, 0.5) is 0 Å². The van der Waals surface area contributed by atoms with Crippen molar-refractivity contribution in [1.29, 1.82) is 0 Å². The van der Waals surface area contributed by atoms with Gasteiger partial charge >= 0.3 is 0 Å². The molecule has 0 aromatic carbocycles. The van der Waals surface area contributed by atoms with Crippen molar-refractivity contribution in [2.45, 2.75) is 19.0 Å². The number of hydrogen-bond donors (Lipinski definition) is 1. The molecule has 1 atom stereocenters. The number of aromatic nitrogens is 4. The monoisotopic (exact) mass is 361 g/mol. The second-order valence-electron chi connectivity index (χ2n) is 6.52. The summed E-state index contributed by atoms with van der Waals surface area (Å²) < 4.78 is 2.24. The molecule has 0 saturated heterocycles. The summed E-state index contributed by atoms with van der Waals surface area (Å²) in [5.41, 5.74) is 6.17. The van der Waals surface area contributed by atoms with Crippen LogP contribution in [-0.4, -0.2) is 31.0 Å². The molecule has 0 bridgehead atoms. The molecule has 0 radical (unpaired) electrons. The quantitative estimate of drug-likeness (QED) is 0.601. The Hall–Kier alpha value is -2.70. The average molecular weight is 361 g/mol. The van der Waals surface area contributed by atoms with Crippen LogP contribution in [0.15, 0.2) is 66.0 Å². The highest BCUT2D eigenvalue weighted by molar-refractivity contribution is 7.08. The van der Waals surface area contributed by atoms with Crippen LogP contribution >= 0.6 is 11.3 Å². The van der Waals surface area contributed by atoms with E-state index in [0.717, 1.165) is 30.9 Å². The molecular weight excluding hydrogens is 342 g/mol. The average Bonchev–Trinajstić information content (AvgIpc) is 3.44. The fourth-order valence-corrected chi connectivity index (χ4v) is 4.48. The van der Waals surface area contributed by atoms with Crippen molar-refractivity contribution in [1.82, 2.24) is 24.4 Å². The maximum Gasteiger partial charge on any atom is 0.0926 e. The van der Waals surface area contributed by atoms with E-state index < -0.39 is 0 Å². The van der Waals surface area contributed by atoms with Crippen molar-refractivity contribution in [3.8, 4) is 5.69 Å². The Kier molecular flexibility index (Phi) is 3.92. The van der Waals surface area contributed by atoms with Gasteiger partial charge < -0.3 is 9.55 Å². The minimum Gasteiger partial charge on any atom is -0.348 e. The van der Waals surface area contributed by atoms with Gasteiger partial charge in [-0.1, -0.05) is 0 Å². The Balaban J connectivity index is 1.50. The number of aromatic amines is 1. The molecule has 0 fully saturated rings. The third-order valence-electron chi connectivity index (χ3n) is 5.02. The maximum atomic E-state index is 4.65. The van der Waals surface area contributed by atoms with Gasteiger partial charge in [0.15, 0.2) is 0 Å². The molecule has 0 unspecified atom stereocenters. The summed E-state index contributed by atoms with van der Waals surface area (Å²) in [6.45, 7) is 1.89. The van der Waals surface area contributed by atoms with E-state index >= 15 is 0 Å². The Bertz CT molecular complexity index is 986. The first-order valence-electron chi connectivity index (χ1n) is 8.75. The summed E-state index contributed by atoms with van der Waals surface area (Å²) in [6.07, 6.45) is 8.63. The number of pyridine rings is 1. The van der Waals surface area contributed by atoms with Gasteiger partial charge in [-0.05, 0) is 46.7 Å². The van der Waals surface area contributed by atoms with Gasteiger partial charge in [-0.25, -0.2) is 4.98 Å². The van der Waals surface area contributed by atoms with Crippen LogP contribution in [-0.2, 0) is 13.0 Å². The van der Waals surface area contributed by atoms with Crippen molar-refractivity contribution < 1.29 is 0 Å². The van der Waals surface area contributed by atoms with E-state index in [2.05, 4.69) is 59.6 Å². The number of rotatable bonds is 4. The zero-order valence-electron chi connectivity index (χ0n) is 14.2. The zero-order valence-corrected chi connectivity index (χ0v) is 15.1. The van der Waals surface area contributed by atoms with Crippen LogP contribution < -0.4 is 0 Å². The normalized spacial score (nSPS) is 17.3. The van der Waals surface area contributed by atoms with Gasteiger partial charge in [-0.3, -0.25) is 9.88 Å². The second-order valence-corrected chi connectivity index (χ2v) is 7.30. The predicted molar refractivity (Wildman–Crippen MR) is 102 cm³/mol. The van der Waals surface area contributed by atoms with E-state index in [9.17, 15) is 0 Å². The topological polar surface area (TPSA) is 49.7 Å². The van der Waals surface area contributed by atoms with Gasteiger partial charge in [-0.15, -0.1) is 0 Å². The van der Waals surface area contributed by atoms with Crippen molar-refractivity contribution in [3.05, 3.63) is 88.7 Å². The fraction of sp³-hybridized carbons (Fsp3) is 0.200. The van der Waals surface area contributed by atoms with Crippen molar-refractivity contribution in [2.75, 3.05) is 6.54 Å². The van der Waals surface area contributed by atoms with Crippen LogP contribution in [0, 0.1) is 0 Å². The van der Waals surface area contributed by atoms with Gasteiger partial charge in [0.05, 0.1) is 18.1 Å². The van der Waals surface area contributed by atoms with Crippen LogP contribution in [0.25, 0.3) is 5.69 Å². The number of H-pyrrole nitrogens is 1. The molecule has 4 aromatic heterocycles. The van der Waals surface area contributed by atoms with Crippen LogP contribution in [0.2, 0.25) is 0 Å². The third kappa shape index (κ3) is 2.67. The molecule has 1 aliphatic rings. The zero-order chi connectivity index (χ0) is 17.3. The fourth-order valence-electron chi connectivity index (χ4n) is 3.80. The lowest BCUT2D eigenvalue weighted by molar-refractivity contribution is 0.197. The van der Waals surface area contributed by atoms with E-state index in [0.29, 0.717) is 0 Å². The minimum atomic E-state index is 0.206. The van der Waals surface area contributed by atoms with Gasteiger partial charge in [0, 0.05) is 55.2 Å². The molecule has 0 amide bonds. The molecule has 1 N–H and O–H groups in total. The van der Waals surface area contributed by atoms with Crippen molar-refractivity contribution >= 4 is 11.3 Å². The molecule has 0 spiro atoms. The van der Waals surface area contributed by atoms with E-state index in [1.165, 1.54) is 17.0 Å². The molecule has 5 nitrogen and oxygen atoms in total. The Morgan fingerprint density at radius 1 is 1.19 bits per heavy atom. The lowest BCUT2D eigenvalue weighted by atomic mass is 9.97. The first-order chi connectivity index (χ1) is 12.9. The van der Waals surface area contributed by atoms with Crippen LogP contribution in [0.3, 0.4) is 0 Å². The Labute approximate surface area is 156 Å². The maximum absolute atomic E-state index is 4.65. The number of nitrogens with one attached hydrogen (secondary N) is 1. The molecule has 130 valence electrons. The summed E-state index contributed by atoms with van der Waals surface area (Å²) in [5, 5.41) is 4.39. The SMILES string of the molecule is c1cc(CN2CCc3[nH]cnc3[C@H]2c2ccsc2)n(-c2ccncc2)c1. The van der Waals surface area contributed by atoms with Crippen molar-refractivity contribution in [3.63, 3.8) is 0 Å². The molecular formula is C20H19N5S. The first-order valence-corrected chi connectivity index (χ1v) is 9.69. The highest BCUT2D eigenvalue weighted by Gasteiger charge is 2.31. The summed E-state index contributed by atoms with van der Waals surface area (Å²) in [7, 11) is 0. The molecule has 0 saturated carbocycles. The lowest BCUT2D eigenvalue weighted by Gasteiger charge is -2.34. The second kappa shape index (κ2) is 6.55. The number of fused-ring (bicyclic) bond motifs is 1. The van der Waals surface area contributed by atoms with E-state index in [-0.39, 0.29) is 6.04 Å². The number of thiophene rings is 1. The summed E-state index contributed by atoms with van der Waals surface area (Å²) >= 11 is 1.74. The third-order valence-corrected chi connectivity index (χ3v) is 5.72. The number of nitrogens with zero attached hydrogens (tertiary/aromatic N) is 4. The van der Waals surface area contributed by atoms with Gasteiger partial charge in [0.2, 0.25) is 0 Å². The molecule has 1 aliphatic heterocycles. The highest BCUT2D eigenvalue weighted by atomic mass is 32.1. The highest BCUT2D eigenvalue weighted by Crippen LogP contribution is 2.35. The summed E-state index contributed by atoms with van der Waals surface area (Å²) in [5.74, 6) is 0. The van der Waals surface area contributed by atoms with Crippen LogP contribution in [0.1, 0.15) is 28.7 Å². The lowest BCUT2D eigenvalue weighted by Crippen LogP contribution is -2.36. The largest absolute Gasteiger partial charge is 0.348 e.